The first-order valence-electron chi connectivity index (χ1n) is 12.9. The standard InChI is InChI=1S/C33H30FNO4/c1-33(2,19-20-36)31-29(23-11-13-24(14-12-23)32(37)38)30-27(35(31)26-17-15-25(34)16-18-26)9-6-10-28(30)39-21-22-7-4-3-5-8-22/h3-18,36H,19-21H2,1-2H3,(H,37,38). The minimum atomic E-state index is -0.997. The molecule has 5 aromatic rings. The highest BCUT2D eigenvalue weighted by atomic mass is 19.1. The molecule has 198 valence electrons. The molecule has 0 aliphatic carbocycles. The molecule has 0 spiro atoms. The molecule has 1 heterocycles. The number of hydrogen-bond acceptors (Lipinski definition) is 3. The molecule has 2 N–H and O–H groups in total. The number of aromatic carboxylic acids is 1. The van der Waals surface area contributed by atoms with Gasteiger partial charge >= 0.3 is 5.97 Å². The molecule has 0 fully saturated rings. The number of ether oxygens (including phenoxy) is 1. The van der Waals surface area contributed by atoms with Gasteiger partial charge in [0.1, 0.15) is 18.2 Å². The van der Waals surface area contributed by atoms with Crippen molar-refractivity contribution in [2.45, 2.75) is 32.3 Å². The van der Waals surface area contributed by atoms with Crippen LogP contribution in [-0.2, 0) is 12.0 Å². The highest BCUT2D eigenvalue weighted by Gasteiger charge is 2.33. The lowest BCUT2D eigenvalue weighted by Crippen LogP contribution is -2.23. The molecule has 1 aromatic heterocycles. The zero-order valence-electron chi connectivity index (χ0n) is 21.9. The Kier molecular flexibility index (Phi) is 7.22. The highest BCUT2D eigenvalue weighted by Crippen LogP contribution is 2.47. The summed E-state index contributed by atoms with van der Waals surface area (Å²) in [6, 6.07) is 28.9. The largest absolute Gasteiger partial charge is 0.488 e. The quantitative estimate of drug-likeness (QED) is 0.212. The Labute approximate surface area is 226 Å². The van der Waals surface area contributed by atoms with Crippen molar-refractivity contribution >= 4 is 16.9 Å². The summed E-state index contributed by atoms with van der Waals surface area (Å²) < 4.78 is 22.5. The second kappa shape index (κ2) is 10.8. The van der Waals surface area contributed by atoms with Crippen molar-refractivity contribution in [3.05, 3.63) is 120 Å². The number of hydrogen-bond donors (Lipinski definition) is 2. The number of halogens is 1. The van der Waals surface area contributed by atoms with Crippen LogP contribution >= 0.6 is 0 Å². The van der Waals surface area contributed by atoms with Gasteiger partial charge in [-0.15, -0.1) is 0 Å². The van der Waals surface area contributed by atoms with Crippen LogP contribution in [0.25, 0.3) is 27.7 Å². The number of aromatic nitrogens is 1. The van der Waals surface area contributed by atoms with E-state index < -0.39 is 11.4 Å². The van der Waals surface area contributed by atoms with E-state index in [2.05, 4.69) is 18.4 Å². The average molecular weight is 524 g/mol. The summed E-state index contributed by atoms with van der Waals surface area (Å²) in [6.07, 6.45) is 0.477. The van der Waals surface area contributed by atoms with E-state index in [1.54, 1.807) is 36.4 Å². The molecule has 0 saturated carbocycles. The van der Waals surface area contributed by atoms with Crippen LogP contribution in [0.15, 0.2) is 97.1 Å². The number of rotatable bonds is 9. The van der Waals surface area contributed by atoms with Gasteiger partial charge in [0.05, 0.1) is 16.5 Å². The van der Waals surface area contributed by atoms with Crippen LogP contribution in [0.1, 0.15) is 41.9 Å². The van der Waals surface area contributed by atoms with Gasteiger partial charge in [0, 0.05) is 29.0 Å². The fourth-order valence-corrected chi connectivity index (χ4v) is 5.12. The molecule has 5 nitrogen and oxygen atoms in total. The van der Waals surface area contributed by atoms with Crippen molar-refractivity contribution in [3.8, 4) is 22.6 Å². The zero-order chi connectivity index (χ0) is 27.6. The maximum absolute atomic E-state index is 14.0. The fraction of sp³-hybridized carbons (Fsp3) is 0.182. The molecule has 0 atom stereocenters. The molecule has 4 aromatic carbocycles. The Morgan fingerprint density at radius 3 is 2.23 bits per heavy atom. The van der Waals surface area contributed by atoms with Gasteiger partial charge in [-0.05, 0) is 66.1 Å². The normalized spacial score (nSPS) is 11.6. The Morgan fingerprint density at radius 2 is 1.59 bits per heavy atom. The van der Waals surface area contributed by atoms with Gasteiger partial charge in [0.25, 0.3) is 0 Å². The van der Waals surface area contributed by atoms with E-state index in [9.17, 15) is 19.4 Å². The number of carboxylic acid groups (broad SMARTS) is 1. The molecule has 0 saturated heterocycles. The lowest BCUT2D eigenvalue weighted by atomic mass is 9.81. The Balaban J connectivity index is 1.83. The number of carboxylic acids is 1. The summed E-state index contributed by atoms with van der Waals surface area (Å²) in [4.78, 5) is 11.6. The maximum Gasteiger partial charge on any atom is 0.335 e. The minimum Gasteiger partial charge on any atom is -0.488 e. The molecule has 6 heteroatoms. The van der Waals surface area contributed by atoms with Crippen LogP contribution in [0.5, 0.6) is 5.75 Å². The number of nitrogens with zero attached hydrogens (tertiary/aromatic N) is 1. The Hall–Kier alpha value is -4.42. The second-order valence-corrected chi connectivity index (χ2v) is 10.2. The summed E-state index contributed by atoms with van der Waals surface area (Å²) in [7, 11) is 0. The summed E-state index contributed by atoms with van der Waals surface area (Å²) in [6.45, 7) is 4.48. The van der Waals surface area contributed by atoms with E-state index in [-0.39, 0.29) is 18.0 Å². The van der Waals surface area contributed by atoms with Crippen LogP contribution in [0, 0.1) is 5.82 Å². The van der Waals surface area contributed by atoms with Gasteiger partial charge in [-0.1, -0.05) is 62.4 Å². The van der Waals surface area contributed by atoms with Gasteiger partial charge < -0.3 is 19.5 Å². The van der Waals surface area contributed by atoms with E-state index in [0.29, 0.717) is 18.8 Å². The predicted octanol–water partition coefficient (Wildman–Crippen LogP) is 7.37. The number of carbonyl (C=O) groups is 1. The molecule has 0 aliphatic rings. The van der Waals surface area contributed by atoms with Crippen molar-refractivity contribution in [1.29, 1.82) is 0 Å². The van der Waals surface area contributed by atoms with Crippen molar-refractivity contribution in [2.75, 3.05) is 6.61 Å². The lowest BCUT2D eigenvalue weighted by molar-refractivity contribution is 0.0697. The Bertz CT molecular complexity index is 1600. The zero-order valence-corrected chi connectivity index (χ0v) is 21.9. The van der Waals surface area contributed by atoms with Gasteiger partial charge in [0.15, 0.2) is 0 Å². The first-order chi connectivity index (χ1) is 18.8. The molecule has 0 radical (unpaired) electrons. The van der Waals surface area contributed by atoms with E-state index >= 15 is 0 Å². The van der Waals surface area contributed by atoms with E-state index in [4.69, 9.17) is 4.74 Å². The second-order valence-electron chi connectivity index (χ2n) is 10.2. The number of aliphatic hydroxyl groups is 1. The van der Waals surface area contributed by atoms with Gasteiger partial charge in [-0.3, -0.25) is 0 Å². The van der Waals surface area contributed by atoms with Crippen LogP contribution in [0.4, 0.5) is 4.39 Å². The highest BCUT2D eigenvalue weighted by molar-refractivity contribution is 6.04. The molecule has 0 bridgehead atoms. The van der Waals surface area contributed by atoms with Gasteiger partial charge in [-0.2, -0.15) is 0 Å². The van der Waals surface area contributed by atoms with E-state index in [1.165, 1.54) is 12.1 Å². The SMILES string of the molecule is CC(C)(CCO)c1c(-c2ccc(C(=O)O)cc2)c2c(OCc3ccccc3)cccc2n1-c1ccc(F)cc1. The van der Waals surface area contributed by atoms with Crippen molar-refractivity contribution in [1.82, 2.24) is 4.57 Å². The number of benzene rings is 4. The molecular weight excluding hydrogens is 493 g/mol. The van der Waals surface area contributed by atoms with Crippen molar-refractivity contribution in [3.63, 3.8) is 0 Å². The van der Waals surface area contributed by atoms with Crippen LogP contribution in [0.3, 0.4) is 0 Å². The van der Waals surface area contributed by atoms with Crippen LogP contribution in [-0.4, -0.2) is 27.4 Å². The molecule has 0 aliphatic heterocycles. The fourth-order valence-electron chi connectivity index (χ4n) is 5.12. The minimum absolute atomic E-state index is 0.0211. The van der Waals surface area contributed by atoms with Crippen molar-refractivity contribution < 1.29 is 24.1 Å². The third-order valence-electron chi connectivity index (χ3n) is 7.08. The smallest absolute Gasteiger partial charge is 0.335 e. The molecule has 0 amide bonds. The van der Waals surface area contributed by atoms with E-state index in [0.717, 1.165) is 39.0 Å². The van der Waals surface area contributed by atoms with E-state index in [1.807, 2.05) is 48.5 Å². The Morgan fingerprint density at radius 1 is 0.897 bits per heavy atom. The first kappa shape index (κ1) is 26.2. The van der Waals surface area contributed by atoms with Crippen LogP contribution in [0.2, 0.25) is 0 Å². The first-order valence-corrected chi connectivity index (χ1v) is 12.9. The summed E-state index contributed by atoms with van der Waals surface area (Å²) >= 11 is 0. The lowest BCUT2D eigenvalue weighted by Gasteiger charge is -2.28. The third-order valence-corrected chi connectivity index (χ3v) is 7.08. The van der Waals surface area contributed by atoms with Crippen LogP contribution < -0.4 is 4.74 Å². The maximum atomic E-state index is 14.0. The number of fused-ring (bicyclic) bond motifs is 1. The topological polar surface area (TPSA) is 71.7 Å². The monoisotopic (exact) mass is 523 g/mol. The molecule has 5 rings (SSSR count). The molecule has 39 heavy (non-hydrogen) atoms. The number of aliphatic hydroxyl groups excluding tert-OH is 1. The van der Waals surface area contributed by atoms with Crippen molar-refractivity contribution in [2.24, 2.45) is 0 Å². The van der Waals surface area contributed by atoms with Gasteiger partial charge in [-0.25, -0.2) is 9.18 Å². The molecular formula is C33H30FNO4. The summed E-state index contributed by atoms with van der Waals surface area (Å²) in [5.74, 6) is -0.652. The van der Waals surface area contributed by atoms with Gasteiger partial charge in [0.2, 0.25) is 0 Å². The summed E-state index contributed by atoms with van der Waals surface area (Å²) in [5.41, 5.74) is 4.97. The third kappa shape index (κ3) is 5.16. The summed E-state index contributed by atoms with van der Waals surface area (Å²) in [5, 5.41) is 20.4. The predicted molar refractivity (Wildman–Crippen MR) is 151 cm³/mol. The molecule has 0 unspecified atom stereocenters. The average Bonchev–Trinajstić information content (AvgIpc) is 3.30.